The van der Waals surface area contributed by atoms with Crippen LogP contribution in [0, 0.1) is 0 Å². The lowest BCUT2D eigenvalue weighted by Crippen LogP contribution is -2.41. The molecule has 0 unspecified atom stereocenters. The van der Waals surface area contributed by atoms with E-state index in [0.717, 1.165) is 22.3 Å². The van der Waals surface area contributed by atoms with Crippen LogP contribution < -0.4 is 15.1 Å². The number of benzene rings is 4. The number of rotatable bonds is 9. The minimum atomic E-state index is -0.846. The van der Waals surface area contributed by atoms with Crippen molar-refractivity contribution < 1.29 is 28.7 Å². The number of hydrogen-bond acceptors (Lipinski definition) is 8. The van der Waals surface area contributed by atoms with E-state index in [1.54, 1.807) is 4.90 Å². The van der Waals surface area contributed by atoms with Crippen LogP contribution in [-0.4, -0.2) is 48.7 Å². The van der Waals surface area contributed by atoms with E-state index in [9.17, 15) is 19.2 Å². The summed E-state index contributed by atoms with van der Waals surface area (Å²) in [7, 11) is 2.88. The summed E-state index contributed by atoms with van der Waals surface area (Å²) in [6.45, 7) is 0.204. The fourth-order valence-electron chi connectivity index (χ4n) is 5.34. The lowest BCUT2D eigenvalue weighted by Gasteiger charge is -2.24. The molecule has 242 valence electrons. The molecule has 0 atom stereocenters. The normalized spacial score (nSPS) is 12.4. The van der Waals surface area contributed by atoms with Crippen LogP contribution in [0.1, 0.15) is 28.7 Å². The average molecular weight is 678 g/mol. The third-order valence-electron chi connectivity index (χ3n) is 7.47. The van der Waals surface area contributed by atoms with E-state index in [2.05, 4.69) is 5.32 Å². The number of carbonyl (C=O) groups excluding carboxylic acids is 4. The molecule has 2 aliphatic heterocycles. The number of alkyl carbamates (subject to hydrolysis) is 1. The van der Waals surface area contributed by atoms with Gasteiger partial charge in [0, 0.05) is 11.5 Å². The number of urea groups is 1. The Kier molecular flexibility index (Phi) is 10.6. The highest BCUT2D eigenvalue weighted by Crippen LogP contribution is 2.37. The van der Waals surface area contributed by atoms with Gasteiger partial charge in [0.1, 0.15) is 19.6 Å². The lowest BCUT2D eigenvalue weighted by molar-refractivity contribution is -0.145. The first kappa shape index (κ1) is 32.7. The number of ether oxygens (including phenoxy) is 2. The number of imide groups is 1. The van der Waals surface area contributed by atoms with Gasteiger partial charge in [-0.3, -0.25) is 19.4 Å². The van der Waals surface area contributed by atoms with Crippen LogP contribution in [0.4, 0.5) is 32.3 Å². The molecule has 0 radical (unpaired) electrons. The number of carbonyl (C=O) groups is 4. The van der Waals surface area contributed by atoms with Crippen molar-refractivity contribution >= 4 is 92.6 Å². The van der Waals surface area contributed by atoms with Gasteiger partial charge in [-0.15, -0.1) is 0 Å². The quantitative estimate of drug-likeness (QED) is 0.0816. The first-order chi connectivity index (χ1) is 23.5. The molecule has 0 fully saturated rings. The first-order valence-corrected chi connectivity index (χ1v) is 17.7. The van der Waals surface area contributed by atoms with E-state index < -0.39 is 24.5 Å². The molecule has 11 heteroatoms. The van der Waals surface area contributed by atoms with Crippen LogP contribution >= 0.6 is 21.6 Å². The minimum absolute atomic E-state index is 0.0768. The van der Waals surface area contributed by atoms with Crippen molar-refractivity contribution in [2.75, 3.05) is 34.5 Å². The second-order valence-corrected chi connectivity index (χ2v) is 13.3. The molecule has 0 bridgehead atoms. The summed E-state index contributed by atoms with van der Waals surface area (Å²) < 4.78 is 10.6. The van der Waals surface area contributed by atoms with Crippen LogP contribution in [0.3, 0.4) is 0 Å². The first-order valence-electron chi connectivity index (χ1n) is 15.2. The summed E-state index contributed by atoms with van der Waals surface area (Å²) in [4.78, 5) is 54.7. The fraction of sp³-hybridized carbons (Fsp3) is 0.135. The average Bonchev–Trinajstić information content (AvgIpc) is 3.37. The van der Waals surface area contributed by atoms with Crippen LogP contribution in [0.2, 0.25) is 0 Å². The van der Waals surface area contributed by atoms with Crippen molar-refractivity contribution in [2.24, 2.45) is 0 Å². The van der Waals surface area contributed by atoms with Crippen molar-refractivity contribution in [3.63, 3.8) is 0 Å². The van der Waals surface area contributed by atoms with E-state index in [-0.39, 0.29) is 19.1 Å². The highest BCUT2D eigenvalue weighted by molar-refractivity contribution is 8.76. The van der Waals surface area contributed by atoms with Crippen molar-refractivity contribution in [1.29, 1.82) is 0 Å². The zero-order valence-corrected chi connectivity index (χ0v) is 27.4. The SMILES string of the molecule is O=C(CC(=O)N1c2ccccc2C=Cc2ccccc21)OCCSSCCOC(=O)NC(=O)N1c2ccccc2C=Cc2ccccc21. The van der Waals surface area contributed by atoms with Gasteiger partial charge in [-0.1, -0.05) is 119 Å². The number of anilines is 4. The van der Waals surface area contributed by atoms with Crippen molar-refractivity contribution in [1.82, 2.24) is 5.32 Å². The smallest absolute Gasteiger partial charge is 0.415 e. The predicted molar refractivity (Wildman–Crippen MR) is 193 cm³/mol. The summed E-state index contributed by atoms with van der Waals surface area (Å²) in [5.74, 6) is -0.0377. The molecule has 2 heterocycles. The number of para-hydroxylation sites is 4. The molecule has 4 aromatic carbocycles. The molecule has 9 nitrogen and oxygen atoms in total. The van der Waals surface area contributed by atoms with Gasteiger partial charge in [0.2, 0.25) is 5.91 Å². The van der Waals surface area contributed by atoms with Gasteiger partial charge in [0.05, 0.1) is 22.7 Å². The predicted octanol–water partition coefficient (Wildman–Crippen LogP) is 8.32. The van der Waals surface area contributed by atoms with E-state index in [4.69, 9.17) is 9.47 Å². The summed E-state index contributed by atoms with van der Waals surface area (Å²) in [5.41, 5.74) is 6.15. The Bertz CT molecular complexity index is 1670. The van der Waals surface area contributed by atoms with E-state index in [0.29, 0.717) is 34.3 Å². The van der Waals surface area contributed by atoms with Crippen LogP contribution in [0.5, 0.6) is 0 Å². The Morgan fingerprint density at radius 2 is 0.938 bits per heavy atom. The van der Waals surface area contributed by atoms with Gasteiger partial charge in [-0.05, 0) is 46.5 Å². The molecular formula is C37H31N3O6S2. The third kappa shape index (κ3) is 7.64. The number of nitrogens with one attached hydrogen (secondary N) is 1. The molecule has 6 rings (SSSR count). The second-order valence-electron chi connectivity index (χ2n) is 10.6. The summed E-state index contributed by atoms with van der Waals surface area (Å²) >= 11 is 0. The minimum Gasteiger partial charge on any atom is -0.464 e. The molecule has 0 saturated heterocycles. The van der Waals surface area contributed by atoms with Crippen molar-refractivity contribution in [3.8, 4) is 0 Å². The van der Waals surface area contributed by atoms with Gasteiger partial charge >= 0.3 is 18.1 Å². The Labute approximate surface area is 286 Å². The molecule has 48 heavy (non-hydrogen) atoms. The van der Waals surface area contributed by atoms with Crippen LogP contribution in [0.15, 0.2) is 97.1 Å². The maximum atomic E-state index is 13.3. The fourth-order valence-corrected chi connectivity index (χ4v) is 7.00. The van der Waals surface area contributed by atoms with Gasteiger partial charge in [-0.25, -0.2) is 14.9 Å². The maximum absolute atomic E-state index is 13.3. The van der Waals surface area contributed by atoms with Crippen LogP contribution in [0.25, 0.3) is 24.3 Å². The van der Waals surface area contributed by atoms with Gasteiger partial charge < -0.3 is 9.47 Å². The number of hydrogen-bond donors (Lipinski definition) is 1. The maximum Gasteiger partial charge on any atom is 0.415 e. The van der Waals surface area contributed by atoms with Crippen LogP contribution in [-0.2, 0) is 19.1 Å². The monoisotopic (exact) mass is 677 g/mol. The molecule has 4 amide bonds. The zero-order valence-electron chi connectivity index (χ0n) is 25.7. The molecule has 0 spiro atoms. The third-order valence-corrected chi connectivity index (χ3v) is 9.80. The van der Waals surface area contributed by atoms with Gasteiger partial charge in [-0.2, -0.15) is 0 Å². The Balaban J connectivity index is 0.908. The van der Waals surface area contributed by atoms with Gasteiger partial charge in [0.25, 0.3) is 0 Å². The summed E-state index contributed by atoms with van der Waals surface area (Å²) in [6, 6.07) is 29.4. The number of esters is 1. The zero-order chi connectivity index (χ0) is 33.3. The van der Waals surface area contributed by atoms with E-state index in [1.165, 1.54) is 26.5 Å². The molecular weight excluding hydrogens is 647 g/mol. The van der Waals surface area contributed by atoms with Crippen molar-refractivity contribution in [3.05, 3.63) is 119 Å². The molecule has 2 aliphatic rings. The highest BCUT2D eigenvalue weighted by Gasteiger charge is 2.27. The topological polar surface area (TPSA) is 105 Å². The molecule has 1 N–H and O–H groups in total. The lowest BCUT2D eigenvalue weighted by atomic mass is 10.1. The van der Waals surface area contributed by atoms with E-state index >= 15 is 0 Å². The summed E-state index contributed by atoms with van der Waals surface area (Å²) in [6.07, 6.45) is 6.54. The number of nitrogens with zero attached hydrogens (tertiary/aromatic N) is 2. The van der Waals surface area contributed by atoms with Gasteiger partial charge in [0.15, 0.2) is 0 Å². The van der Waals surface area contributed by atoms with Crippen molar-refractivity contribution in [2.45, 2.75) is 6.42 Å². The molecule has 0 aliphatic carbocycles. The molecule has 4 aromatic rings. The molecule has 0 saturated carbocycles. The number of amides is 4. The Morgan fingerprint density at radius 1 is 0.542 bits per heavy atom. The standard InChI is InChI=1S/C37H31N3O6S2/c41-34(39-30-13-5-1-9-26(30)17-18-27-10-2-6-14-31(27)39)25-35(42)45-21-23-47-48-24-22-46-37(44)38-36(43)40-32-15-7-3-11-28(32)19-20-29-12-4-8-16-33(29)40/h1-20H,21-25H2,(H,38,43,44). The Hall–Kier alpha value is -5.26. The Morgan fingerprint density at radius 3 is 1.40 bits per heavy atom. The largest absolute Gasteiger partial charge is 0.464 e. The number of fused-ring (bicyclic) bond motifs is 4. The molecule has 0 aromatic heterocycles. The summed E-state index contributed by atoms with van der Waals surface area (Å²) in [5, 5.41) is 2.33. The van der Waals surface area contributed by atoms with E-state index in [1.807, 2.05) is 121 Å². The highest BCUT2D eigenvalue weighted by atomic mass is 33.1. The second kappa shape index (κ2) is 15.6.